The Kier molecular flexibility index (Phi) is 6.88. The molecule has 1 aromatic heterocycles. The summed E-state index contributed by atoms with van der Waals surface area (Å²) < 4.78 is 41.9. The highest BCUT2D eigenvalue weighted by molar-refractivity contribution is 7.94. The Labute approximate surface area is 191 Å². The van der Waals surface area contributed by atoms with E-state index in [1.54, 1.807) is 22.4 Å². The van der Waals surface area contributed by atoms with Gasteiger partial charge in [0, 0.05) is 32.7 Å². The molecule has 2 aromatic carbocycles. The van der Waals surface area contributed by atoms with E-state index in [9.17, 15) is 17.6 Å². The van der Waals surface area contributed by atoms with Crippen LogP contribution in [0, 0.1) is 5.82 Å². The minimum Gasteiger partial charge on any atom is -0.339 e. The number of thiophene rings is 1. The van der Waals surface area contributed by atoms with Gasteiger partial charge >= 0.3 is 0 Å². The van der Waals surface area contributed by atoms with Crippen molar-refractivity contribution < 1.29 is 17.6 Å². The summed E-state index contributed by atoms with van der Waals surface area (Å²) in [6.07, 6.45) is 0. The predicted molar refractivity (Wildman–Crippen MR) is 124 cm³/mol. The Bertz CT molecular complexity index is 1150. The van der Waals surface area contributed by atoms with Gasteiger partial charge in [0.1, 0.15) is 16.6 Å². The third-order valence-electron chi connectivity index (χ3n) is 5.41. The van der Waals surface area contributed by atoms with Gasteiger partial charge in [0.05, 0.1) is 5.69 Å². The first kappa shape index (κ1) is 22.4. The van der Waals surface area contributed by atoms with Crippen molar-refractivity contribution >= 4 is 33.0 Å². The fourth-order valence-electron chi connectivity index (χ4n) is 3.69. The van der Waals surface area contributed by atoms with E-state index in [1.165, 1.54) is 29.8 Å². The molecule has 1 aliphatic rings. The number of hydrogen-bond acceptors (Lipinski definition) is 5. The maximum Gasteiger partial charge on any atom is 0.274 e. The summed E-state index contributed by atoms with van der Waals surface area (Å²) in [4.78, 5) is 17.0. The molecule has 0 spiro atoms. The molecular formula is C23H24FN3O3S2. The first-order chi connectivity index (χ1) is 15.4. The van der Waals surface area contributed by atoms with Crippen molar-refractivity contribution in [2.24, 2.45) is 0 Å². The van der Waals surface area contributed by atoms with Gasteiger partial charge in [-0.05, 0) is 29.1 Å². The van der Waals surface area contributed by atoms with Crippen LogP contribution >= 0.6 is 11.3 Å². The lowest BCUT2D eigenvalue weighted by Crippen LogP contribution is -2.51. The van der Waals surface area contributed by atoms with Crippen molar-refractivity contribution in [2.45, 2.75) is 10.8 Å². The molecule has 3 aromatic rings. The number of halogens is 1. The van der Waals surface area contributed by atoms with Crippen LogP contribution in [0.4, 0.5) is 10.1 Å². The van der Waals surface area contributed by atoms with E-state index in [2.05, 4.69) is 17.0 Å². The maximum atomic E-state index is 14.5. The van der Waals surface area contributed by atoms with E-state index >= 15 is 0 Å². The number of benzene rings is 2. The lowest BCUT2D eigenvalue weighted by Gasteiger charge is -2.36. The van der Waals surface area contributed by atoms with Crippen LogP contribution in [0.1, 0.15) is 5.56 Å². The molecule has 0 bridgehead atoms. The van der Waals surface area contributed by atoms with Crippen molar-refractivity contribution in [3.63, 3.8) is 0 Å². The molecule has 0 unspecified atom stereocenters. The SMILES string of the molecule is O=C(CN(c1ccccc1F)S(=O)(=O)c1cccs1)N1CCN(Cc2ccccc2)CC1. The zero-order valence-corrected chi connectivity index (χ0v) is 19.1. The van der Waals surface area contributed by atoms with Crippen LogP contribution in [0.15, 0.2) is 76.3 Å². The Hall–Kier alpha value is -2.75. The molecule has 0 saturated carbocycles. The highest BCUT2D eigenvalue weighted by Crippen LogP contribution is 2.28. The number of carbonyl (C=O) groups excluding carboxylic acids is 1. The summed E-state index contributed by atoms with van der Waals surface area (Å²) >= 11 is 1.04. The first-order valence-electron chi connectivity index (χ1n) is 10.3. The largest absolute Gasteiger partial charge is 0.339 e. The Morgan fingerprint density at radius 1 is 0.938 bits per heavy atom. The molecule has 4 rings (SSSR count). The molecule has 0 N–H and O–H groups in total. The van der Waals surface area contributed by atoms with Crippen LogP contribution in [0.3, 0.4) is 0 Å². The van der Waals surface area contributed by atoms with Crippen molar-refractivity contribution in [1.82, 2.24) is 9.80 Å². The first-order valence-corrected chi connectivity index (χ1v) is 12.6. The molecule has 0 aliphatic carbocycles. The maximum absolute atomic E-state index is 14.5. The monoisotopic (exact) mass is 473 g/mol. The second-order valence-corrected chi connectivity index (χ2v) is 10.6. The van der Waals surface area contributed by atoms with Gasteiger partial charge in [-0.15, -0.1) is 11.3 Å². The second kappa shape index (κ2) is 9.81. The van der Waals surface area contributed by atoms with Crippen molar-refractivity contribution in [3.8, 4) is 0 Å². The van der Waals surface area contributed by atoms with Crippen LogP contribution < -0.4 is 4.31 Å². The van der Waals surface area contributed by atoms with Crippen molar-refractivity contribution in [3.05, 3.63) is 83.5 Å². The number of sulfonamides is 1. The molecule has 32 heavy (non-hydrogen) atoms. The van der Waals surface area contributed by atoms with Gasteiger partial charge in [-0.3, -0.25) is 14.0 Å². The number of para-hydroxylation sites is 1. The van der Waals surface area contributed by atoms with Crippen LogP contribution in [0.5, 0.6) is 0 Å². The molecule has 9 heteroatoms. The Morgan fingerprint density at radius 2 is 1.62 bits per heavy atom. The average molecular weight is 474 g/mol. The minimum atomic E-state index is -4.06. The number of carbonyl (C=O) groups is 1. The van der Waals surface area contributed by atoms with Crippen LogP contribution in [0.25, 0.3) is 0 Å². The Balaban J connectivity index is 1.47. The van der Waals surface area contributed by atoms with Gasteiger partial charge in [0.15, 0.2) is 0 Å². The molecule has 0 radical (unpaired) electrons. The number of amides is 1. The molecule has 1 saturated heterocycles. The number of nitrogens with zero attached hydrogens (tertiary/aromatic N) is 3. The fourth-order valence-corrected chi connectivity index (χ4v) is 6.22. The van der Waals surface area contributed by atoms with Gasteiger partial charge in [0.2, 0.25) is 5.91 Å². The van der Waals surface area contributed by atoms with Crippen molar-refractivity contribution in [1.29, 1.82) is 0 Å². The van der Waals surface area contributed by atoms with Gasteiger partial charge in [-0.2, -0.15) is 0 Å². The van der Waals surface area contributed by atoms with Gasteiger partial charge < -0.3 is 4.90 Å². The van der Waals surface area contributed by atoms with E-state index in [1.807, 2.05) is 18.2 Å². The molecule has 2 heterocycles. The fraction of sp³-hybridized carbons (Fsp3) is 0.261. The summed E-state index contributed by atoms with van der Waals surface area (Å²) in [5, 5.41) is 1.64. The topological polar surface area (TPSA) is 60.9 Å². The minimum absolute atomic E-state index is 0.0706. The zero-order chi connectivity index (χ0) is 22.6. The van der Waals surface area contributed by atoms with Crippen LogP contribution in [0.2, 0.25) is 0 Å². The number of hydrogen-bond donors (Lipinski definition) is 0. The summed E-state index contributed by atoms with van der Waals surface area (Å²) in [6.45, 7) is 2.73. The molecule has 168 valence electrons. The normalized spacial score (nSPS) is 15.0. The standard InChI is InChI=1S/C23H24FN3O3S2/c24-20-9-4-5-10-21(20)27(32(29,30)23-11-6-16-31-23)18-22(28)26-14-12-25(13-15-26)17-19-7-2-1-3-8-19/h1-11,16H,12-15,17-18H2. The van der Waals surface area contributed by atoms with E-state index in [0.717, 1.165) is 22.2 Å². The smallest absolute Gasteiger partial charge is 0.274 e. The highest BCUT2D eigenvalue weighted by atomic mass is 32.2. The molecular weight excluding hydrogens is 449 g/mol. The lowest BCUT2D eigenvalue weighted by molar-refractivity contribution is -0.131. The summed E-state index contributed by atoms with van der Waals surface area (Å²) in [7, 11) is -4.06. The van der Waals surface area contributed by atoms with Gasteiger partial charge in [0.25, 0.3) is 10.0 Å². The van der Waals surface area contributed by atoms with E-state index in [0.29, 0.717) is 26.2 Å². The number of piperazine rings is 1. The quantitative estimate of drug-likeness (QED) is 0.528. The highest BCUT2D eigenvalue weighted by Gasteiger charge is 2.32. The average Bonchev–Trinajstić information content (AvgIpc) is 3.35. The van der Waals surface area contributed by atoms with E-state index in [-0.39, 0.29) is 15.8 Å². The van der Waals surface area contributed by atoms with E-state index in [4.69, 9.17) is 0 Å². The van der Waals surface area contributed by atoms with Crippen molar-refractivity contribution in [2.75, 3.05) is 37.0 Å². The van der Waals surface area contributed by atoms with Gasteiger partial charge in [-0.1, -0.05) is 48.5 Å². The van der Waals surface area contributed by atoms with Crippen LogP contribution in [-0.2, 0) is 21.4 Å². The summed E-state index contributed by atoms with van der Waals surface area (Å²) in [5.41, 5.74) is 1.08. The van der Waals surface area contributed by atoms with Gasteiger partial charge in [-0.25, -0.2) is 12.8 Å². The molecule has 0 atom stereocenters. The third kappa shape index (κ3) is 5.01. The van der Waals surface area contributed by atoms with E-state index < -0.39 is 22.4 Å². The summed E-state index contributed by atoms with van der Waals surface area (Å²) in [5.74, 6) is -1.03. The molecule has 1 amide bonds. The predicted octanol–water partition coefficient (Wildman–Crippen LogP) is 3.43. The third-order valence-corrected chi connectivity index (χ3v) is 8.55. The molecule has 1 aliphatic heterocycles. The number of rotatable bonds is 7. The molecule has 1 fully saturated rings. The molecule has 6 nitrogen and oxygen atoms in total. The lowest BCUT2D eigenvalue weighted by atomic mass is 10.2. The number of anilines is 1. The van der Waals surface area contributed by atoms with Crippen LogP contribution in [-0.4, -0.2) is 56.8 Å². The zero-order valence-electron chi connectivity index (χ0n) is 17.4. The summed E-state index contributed by atoms with van der Waals surface area (Å²) in [6, 6.07) is 18.8. The Morgan fingerprint density at radius 3 is 2.28 bits per heavy atom. The second-order valence-electron chi connectivity index (χ2n) is 7.54.